The Bertz CT molecular complexity index is 694. The third kappa shape index (κ3) is 3.63. The van der Waals surface area contributed by atoms with Gasteiger partial charge in [-0.2, -0.15) is 0 Å². The number of fused-ring (bicyclic) bond motifs is 1. The first-order chi connectivity index (χ1) is 9.90. The smallest absolute Gasteiger partial charge is 0.263 e. The second-order valence-electron chi connectivity index (χ2n) is 5.20. The van der Waals surface area contributed by atoms with Crippen LogP contribution in [0.3, 0.4) is 0 Å². The summed E-state index contributed by atoms with van der Waals surface area (Å²) in [6, 6.07) is 5.98. The molecule has 2 aromatic rings. The summed E-state index contributed by atoms with van der Waals surface area (Å²) in [7, 11) is -0.862. The number of carbonyl (C=O) groups excluding carboxylic acids is 1. The number of nitrogen functional groups attached to an aromatic ring is 1. The second kappa shape index (κ2) is 6.58. The first-order valence-corrected chi connectivity index (χ1v) is 9.23. The molecule has 1 heterocycles. The molecular formula is C15H20N2O2S2. The van der Waals surface area contributed by atoms with Gasteiger partial charge in [0.1, 0.15) is 4.88 Å². The van der Waals surface area contributed by atoms with E-state index >= 15 is 0 Å². The molecular weight excluding hydrogens is 304 g/mol. The van der Waals surface area contributed by atoms with E-state index in [1.807, 2.05) is 32.0 Å². The van der Waals surface area contributed by atoms with Crippen molar-refractivity contribution in [3.63, 3.8) is 0 Å². The van der Waals surface area contributed by atoms with Gasteiger partial charge in [-0.05, 0) is 25.0 Å². The maximum absolute atomic E-state index is 12.2. The van der Waals surface area contributed by atoms with Gasteiger partial charge in [-0.25, -0.2) is 0 Å². The Labute approximate surface area is 131 Å². The molecule has 2 rings (SSSR count). The van der Waals surface area contributed by atoms with Crippen LogP contribution in [0.5, 0.6) is 0 Å². The molecule has 0 bridgehead atoms. The minimum atomic E-state index is -0.862. The van der Waals surface area contributed by atoms with E-state index in [0.29, 0.717) is 23.5 Å². The quantitative estimate of drug-likeness (QED) is 0.888. The van der Waals surface area contributed by atoms with Gasteiger partial charge in [0.25, 0.3) is 5.91 Å². The van der Waals surface area contributed by atoms with Gasteiger partial charge in [0.15, 0.2) is 0 Å². The maximum atomic E-state index is 12.2. The minimum Gasteiger partial charge on any atom is -0.397 e. The SMILES string of the molecule is Cc1ccc2c(N)c(C(=O)NCCC(C)S(C)=O)sc2c1. The van der Waals surface area contributed by atoms with Crippen molar-refractivity contribution in [2.75, 3.05) is 18.5 Å². The largest absolute Gasteiger partial charge is 0.397 e. The second-order valence-corrected chi connectivity index (χ2v) is 8.05. The van der Waals surface area contributed by atoms with E-state index < -0.39 is 10.8 Å². The number of hydrogen-bond donors (Lipinski definition) is 2. The van der Waals surface area contributed by atoms with E-state index in [1.165, 1.54) is 11.3 Å². The molecule has 21 heavy (non-hydrogen) atoms. The predicted octanol–water partition coefficient (Wildman–Crippen LogP) is 2.68. The predicted molar refractivity (Wildman–Crippen MR) is 91.5 cm³/mol. The van der Waals surface area contributed by atoms with Crippen molar-refractivity contribution < 1.29 is 9.00 Å². The molecule has 6 heteroatoms. The van der Waals surface area contributed by atoms with E-state index in [1.54, 1.807) is 6.26 Å². The molecule has 0 radical (unpaired) electrons. The number of benzene rings is 1. The highest BCUT2D eigenvalue weighted by molar-refractivity contribution is 7.84. The maximum Gasteiger partial charge on any atom is 0.263 e. The number of nitrogens with two attached hydrogens (primary N) is 1. The van der Waals surface area contributed by atoms with E-state index in [4.69, 9.17) is 5.73 Å². The van der Waals surface area contributed by atoms with Crippen molar-refractivity contribution >= 4 is 43.8 Å². The standard InChI is InChI=1S/C15H20N2O2S2/c1-9-4-5-11-12(8-9)20-14(13(11)16)15(18)17-7-6-10(2)21(3)19/h4-5,8,10H,6-7,16H2,1-3H3,(H,17,18). The number of thiophene rings is 1. The van der Waals surface area contributed by atoms with Gasteiger partial charge in [0, 0.05) is 38.9 Å². The van der Waals surface area contributed by atoms with E-state index in [-0.39, 0.29) is 11.2 Å². The Balaban J connectivity index is 2.09. The normalized spacial score (nSPS) is 14.0. The van der Waals surface area contributed by atoms with Gasteiger partial charge in [0.2, 0.25) is 0 Å². The molecule has 3 N–H and O–H groups in total. The molecule has 0 aliphatic heterocycles. The molecule has 0 saturated heterocycles. The molecule has 0 aliphatic carbocycles. The van der Waals surface area contributed by atoms with Crippen LogP contribution in [0.4, 0.5) is 5.69 Å². The molecule has 2 atom stereocenters. The van der Waals surface area contributed by atoms with Crippen LogP contribution in [-0.4, -0.2) is 28.2 Å². The van der Waals surface area contributed by atoms with Crippen LogP contribution in [0.15, 0.2) is 18.2 Å². The van der Waals surface area contributed by atoms with Gasteiger partial charge in [-0.15, -0.1) is 11.3 Å². The highest BCUT2D eigenvalue weighted by Crippen LogP contribution is 2.34. The topological polar surface area (TPSA) is 72.2 Å². The van der Waals surface area contributed by atoms with Crippen molar-refractivity contribution in [1.29, 1.82) is 0 Å². The van der Waals surface area contributed by atoms with E-state index in [0.717, 1.165) is 15.6 Å². The Kier molecular flexibility index (Phi) is 5.00. The number of aryl methyl sites for hydroxylation is 1. The molecule has 2 unspecified atom stereocenters. The summed E-state index contributed by atoms with van der Waals surface area (Å²) in [6.45, 7) is 4.44. The highest BCUT2D eigenvalue weighted by atomic mass is 32.2. The van der Waals surface area contributed by atoms with Crippen LogP contribution in [-0.2, 0) is 10.8 Å². The van der Waals surface area contributed by atoms with Crippen LogP contribution >= 0.6 is 11.3 Å². The Hall–Kier alpha value is -1.40. The lowest BCUT2D eigenvalue weighted by molar-refractivity contribution is 0.0958. The van der Waals surface area contributed by atoms with Gasteiger partial charge >= 0.3 is 0 Å². The molecule has 0 aliphatic rings. The van der Waals surface area contributed by atoms with Crippen molar-refractivity contribution in [3.05, 3.63) is 28.6 Å². The molecule has 0 saturated carbocycles. The van der Waals surface area contributed by atoms with Gasteiger partial charge < -0.3 is 11.1 Å². The van der Waals surface area contributed by atoms with Gasteiger partial charge in [-0.3, -0.25) is 9.00 Å². The number of hydrogen-bond acceptors (Lipinski definition) is 4. The fourth-order valence-corrected chi connectivity index (χ4v) is 3.61. The van der Waals surface area contributed by atoms with Crippen LogP contribution in [0.2, 0.25) is 0 Å². The molecule has 1 aromatic carbocycles. The van der Waals surface area contributed by atoms with E-state index in [2.05, 4.69) is 5.32 Å². The molecule has 1 amide bonds. The fraction of sp³-hybridized carbons (Fsp3) is 0.400. The summed E-state index contributed by atoms with van der Waals surface area (Å²) in [4.78, 5) is 12.8. The lowest BCUT2D eigenvalue weighted by atomic mass is 10.1. The number of carbonyl (C=O) groups is 1. The summed E-state index contributed by atoms with van der Waals surface area (Å²) >= 11 is 1.41. The average Bonchev–Trinajstić information content (AvgIpc) is 2.75. The number of nitrogens with one attached hydrogen (secondary N) is 1. The summed E-state index contributed by atoms with van der Waals surface area (Å²) in [5, 5.41) is 3.86. The van der Waals surface area contributed by atoms with Crippen LogP contribution < -0.4 is 11.1 Å². The van der Waals surface area contributed by atoms with Crippen LogP contribution in [0.25, 0.3) is 10.1 Å². The van der Waals surface area contributed by atoms with Crippen LogP contribution in [0, 0.1) is 6.92 Å². The molecule has 4 nitrogen and oxygen atoms in total. The first-order valence-electron chi connectivity index (χ1n) is 6.79. The highest BCUT2D eigenvalue weighted by Gasteiger charge is 2.16. The lowest BCUT2D eigenvalue weighted by Crippen LogP contribution is -2.27. The number of amides is 1. The summed E-state index contributed by atoms with van der Waals surface area (Å²) in [6.07, 6.45) is 2.37. The lowest BCUT2D eigenvalue weighted by Gasteiger charge is -2.08. The number of rotatable bonds is 5. The summed E-state index contributed by atoms with van der Waals surface area (Å²) < 4.78 is 12.3. The summed E-state index contributed by atoms with van der Waals surface area (Å²) in [5.41, 5.74) is 7.76. The zero-order valence-corrected chi connectivity index (χ0v) is 14.1. The Morgan fingerprint density at radius 2 is 2.19 bits per heavy atom. The summed E-state index contributed by atoms with van der Waals surface area (Å²) in [5.74, 6) is -0.152. The average molecular weight is 324 g/mol. The Morgan fingerprint density at radius 1 is 1.48 bits per heavy atom. The zero-order valence-electron chi connectivity index (χ0n) is 12.4. The monoisotopic (exact) mass is 324 g/mol. The van der Waals surface area contributed by atoms with Crippen LogP contribution in [0.1, 0.15) is 28.6 Å². The van der Waals surface area contributed by atoms with Gasteiger partial charge in [-0.1, -0.05) is 19.1 Å². The van der Waals surface area contributed by atoms with Gasteiger partial charge in [0.05, 0.1) is 5.69 Å². The minimum absolute atomic E-state index is 0.0766. The molecule has 1 aromatic heterocycles. The third-order valence-electron chi connectivity index (χ3n) is 3.49. The fourth-order valence-electron chi connectivity index (χ4n) is 2.03. The third-order valence-corrected chi connectivity index (χ3v) is 6.03. The van der Waals surface area contributed by atoms with Crippen molar-refractivity contribution in [2.45, 2.75) is 25.5 Å². The molecule has 0 spiro atoms. The van der Waals surface area contributed by atoms with Crippen molar-refractivity contribution in [1.82, 2.24) is 5.32 Å². The van der Waals surface area contributed by atoms with Crippen molar-refractivity contribution in [2.24, 2.45) is 0 Å². The zero-order chi connectivity index (χ0) is 15.6. The van der Waals surface area contributed by atoms with Crippen molar-refractivity contribution in [3.8, 4) is 0 Å². The first kappa shape index (κ1) is 16.0. The van der Waals surface area contributed by atoms with E-state index in [9.17, 15) is 9.00 Å². The number of anilines is 1. The molecule has 114 valence electrons. The molecule has 0 fully saturated rings. The Morgan fingerprint density at radius 3 is 2.86 bits per heavy atom.